The number of amides is 1. The molecule has 6 nitrogen and oxygen atoms in total. The number of halogens is 1. The topological polar surface area (TPSA) is 93.2 Å². The van der Waals surface area contributed by atoms with Gasteiger partial charge in [-0.05, 0) is 35.4 Å². The zero-order chi connectivity index (χ0) is 16.1. The van der Waals surface area contributed by atoms with Gasteiger partial charge >= 0.3 is 0 Å². The number of carbonyl (C=O) groups is 1. The average Bonchev–Trinajstić information content (AvgIpc) is 2.47. The van der Waals surface area contributed by atoms with Gasteiger partial charge < -0.3 is 4.74 Å². The molecule has 1 atom stereocenters. The molecule has 0 spiro atoms. The van der Waals surface area contributed by atoms with E-state index < -0.39 is 16.9 Å². The van der Waals surface area contributed by atoms with Crippen LogP contribution in [0.15, 0.2) is 48.5 Å². The van der Waals surface area contributed by atoms with Gasteiger partial charge in [0.1, 0.15) is 0 Å². The number of nitrogens with zero attached hydrogens (tertiary/aromatic N) is 1. The van der Waals surface area contributed by atoms with Crippen LogP contribution in [0.5, 0.6) is 0 Å². The molecular formula is C15H12ClN2O4. The summed E-state index contributed by atoms with van der Waals surface area (Å²) in [6, 6.07) is 12.3. The molecule has 0 saturated heterocycles. The van der Waals surface area contributed by atoms with E-state index in [9.17, 15) is 14.9 Å². The van der Waals surface area contributed by atoms with Crippen molar-refractivity contribution in [3.8, 4) is 0 Å². The highest BCUT2D eigenvalue weighted by Crippen LogP contribution is 2.23. The molecule has 7 heteroatoms. The van der Waals surface area contributed by atoms with E-state index in [0.717, 1.165) is 0 Å². The Bertz CT molecular complexity index is 688. The first kappa shape index (κ1) is 15.9. The Morgan fingerprint density at radius 1 is 1.27 bits per heavy atom. The molecule has 0 heterocycles. The molecule has 1 radical (unpaired) electrons. The Kier molecular flexibility index (Phi) is 5.08. The molecule has 113 valence electrons. The fourth-order valence-corrected chi connectivity index (χ4v) is 2.09. The minimum atomic E-state index is -1.05. The maximum absolute atomic E-state index is 11.4. The monoisotopic (exact) mass is 319 g/mol. The smallest absolute Gasteiger partial charge is 0.272 e. The van der Waals surface area contributed by atoms with Crippen molar-refractivity contribution in [3.05, 3.63) is 74.8 Å². The Labute approximate surface area is 131 Å². The predicted molar refractivity (Wildman–Crippen MR) is 80.2 cm³/mol. The van der Waals surface area contributed by atoms with Crippen molar-refractivity contribution in [2.75, 3.05) is 0 Å². The van der Waals surface area contributed by atoms with E-state index in [1.54, 1.807) is 36.4 Å². The first-order valence-electron chi connectivity index (χ1n) is 6.33. The van der Waals surface area contributed by atoms with Crippen LogP contribution in [0.3, 0.4) is 0 Å². The minimum absolute atomic E-state index is 0.0216. The van der Waals surface area contributed by atoms with Gasteiger partial charge in [-0.25, -0.2) is 0 Å². The van der Waals surface area contributed by atoms with Crippen LogP contribution in [0.25, 0.3) is 0 Å². The van der Waals surface area contributed by atoms with Crippen molar-refractivity contribution < 1.29 is 14.5 Å². The maximum atomic E-state index is 11.4. The minimum Gasteiger partial charge on any atom is -0.359 e. The third kappa shape index (κ3) is 4.03. The van der Waals surface area contributed by atoms with Gasteiger partial charge in [-0.2, -0.15) is 0 Å². The maximum Gasteiger partial charge on any atom is 0.272 e. The van der Waals surface area contributed by atoms with Gasteiger partial charge in [0.2, 0.25) is 0 Å². The highest BCUT2D eigenvalue weighted by molar-refractivity contribution is 6.30. The van der Waals surface area contributed by atoms with E-state index in [-0.39, 0.29) is 12.3 Å². The van der Waals surface area contributed by atoms with E-state index in [4.69, 9.17) is 22.1 Å². The zero-order valence-electron chi connectivity index (χ0n) is 11.4. The van der Waals surface area contributed by atoms with Gasteiger partial charge in [-0.1, -0.05) is 23.7 Å². The zero-order valence-corrected chi connectivity index (χ0v) is 12.1. The van der Waals surface area contributed by atoms with E-state index >= 15 is 0 Å². The van der Waals surface area contributed by atoms with Crippen LogP contribution in [0, 0.1) is 10.1 Å². The van der Waals surface area contributed by atoms with E-state index in [1.807, 2.05) is 0 Å². The van der Waals surface area contributed by atoms with Crippen molar-refractivity contribution in [3.63, 3.8) is 0 Å². The second kappa shape index (κ2) is 7.02. The molecule has 1 amide bonds. The summed E-state index contributed by atoms with van der Waals surface area (Å²) >= 11 is 5.87. The number of ether oxygens (including phenoxy) is 1. The lowest BCUT2D eigenvalue weighted by molar-refractivity contribution is -0.384. The lowest BCUT2D eigenvalue weighted by Crippen LogP contribution is -2.16. The number of rotatable bonds is 6. The number of non-ortho nitro benzene ring substituents is 1. The van der Waals surface area contributed by atoms with Crippen molar-refractivity contribution in [1.29, 1.82) is 0 Å². The summed E-state index contributed by atoms with van der Waals surface area (Å²) in [6.45, 7) is 0.0554. The summed E-state index contributed by atoms with van der Waals surface area (Å²) in [5.41, 5.74) is 8.44. The number of nitrogens with one attached hydrogen (secondary N) is 1. The quantitative estimate of drug-likeness (QED) is 0.603. The van der Waals surface area contributed by atoms with Gasteiger partial charge in [-0.3, -0.25) is 20.6 Å². The van der Waals surface area contributed by atoms with Crippen molar-refractivity contribution in [1.82, 2.24) is 5.73 Å². The molecule has 0 aromatic heterocycles. The van der Waals surface area contributed by atoms with E-state index in [0.29, 0.717) is 16.1 Å². The SMILES string of the molecule is [NH]C(=O)C(OCc1ccc([N+](=O)[O-])cc1)c1cccc(Cl)c1. The third-order valence-electron chi connectivity index (χ3n) is 2.95. The van der Waals surface area contributed by atoms with Crippen LogP contribution in [-0.4, -0.2) is 10.8 Å². The molecule has 0 bridgehead atoms. The largest absolute Gasteiger partial charge is 0.359 e. The number of nitro benzene ring substituents is 1. The van der Waals surface area contributed by atoms with Crippen LogP contribution in [0.2, 0.25) is 5.02 Å². The molecule has 0 aliphatic heterocycles. The third-order valence-corrected chi connectivity index (χ3v) is 3.19. The number of hydrogen-bond donors (Lipinski definition) is 0. The summed E-state index contributed by atoms with van der Waals surface area (Å²) < 4.78 is 5.47. The number of carbonyl (C=O) groups excluding carboxylic acids is 1. The van der Waals surface area contributed by atoms with Crippen LogP contribution >= 0.6 is 11.6 Å². The Morgan fingerprint density at radius 2 is 1.95 bits per heavy atom. The predicted octanol–water partition coefficient (Wildman–Crippen LogP) is 3.32. The van der Waals surface area contributed by atoms with Crippen LogP contribution in [0.4, 0.5) is 5.69 Å². The Hall–Kier alpha value is -2.44. The van der Waals surface area contributed by atoms with Gasteiger partial charge in [0.15, 0.2) is 6.10 Å². The number of benzene rings is 2. The molecule has 1 N–H and O–H groups in total. The molecule has 1 unspecified atom stereocenters. The lowest BCUT2D eigenvalue weighted by atomic mass is 10.1. The molecule has 22 heavy (non-hydrogen) atoms. The standard InChI is InChI=1S/C15H12ClN2O4/c16-12-3-1-2-11(8-12)14(15(17)19)22-9-10-4-6-13(7-5-10)18(20)21/h1-8,14,17H,9H2. The van der Waals surface area contributed by atoms with Crippen molar-refractivity contribution in [2.45, 2.75) is 12.7 Å². The Morgan fingerprint density at radius 3 is 2.50 bits per heavy atom. The average molecular weight is 320 g/mol. The first-order chi connectivity index (χ1) is 10.5. The van der Waals surface area contributed by atoms with Crippen LogP contribution in [-0.2, 0) is 16.1 Å². The lowest BCUT2D eigenvalue weighted by Gasteiger charge is -2.14. The normalized spacial score (nSPS) is 11.9. The summed E-state index contributed by atoms with van der Waals surface area (Å²) in [5.74, 6) is -0.885. The molecule has 2 rings (SSSR count). The highest BCUT2D eigenvalue weighted by Gasteiger charge is 2.19. The van der Waals surface area contributed by atoms with Gasteiger partial charge in [0.25, 0.3) is 11.6 Å². The molecular weight excluding hydrogens is 308 g/mol. The molecule has 0 aliphatic rings. The first-order valence-corrected chi connectivity index (χ1v) is 6.71. The fraction of sp³-hybridized carbons (Fsp3) is 0.133. The summed E-state index contributed by atoms with van der Waals surface area (Å²) in [4.78, 5) is 21.5. The molecule has 2 aromatic rings. The summed E-state index contributed by atoms with van der Waals surface area (Å²) in [7, 11) is 0. The summed E-state index contributed by atoms with van der Waals surface area (Å²) in [5, 5.41) is 11.0. The van der Waals surface area contributed by atoms with E-state index in [2.05, 4.69) is 0 Å². The van der Waals surface area contributed by atoms with E-state index in [1.165, 1.54) is 12.1 Å². The fourth-order valence-electron chi connectivity index (χ4n) is 1.89. The highest BCUT2D eigenvalue weighted by atomic mass is 35.5. The number of nitro groups is 1. The second-order valence-electron chi connectivity index (χ2n) is 4.53. The van der Waals surface area contributed by atoms with Crippen molar-refractivity contribution in [2.24, 2.45) is 0 Å². The van der Waals surface area contributed by atoms with Crippen LogP contribution < -0.4 is 5.73 Å². The van der Waals surface area contributed by atoms with Gasteiger partial charge in [-0.15, -0.1) is 0 Å². The van der Waals surface area contributed by atoms with Crippen LogP contribution in [0.1, 0.15) is 17.2 Å². The molecule has 0 fully saturated rings. The molecule has 0 saturated carbocycles. The molecule has 2 aromatic carbocycles. The van der Waals surface area contributed by atoms with Gasteiger partial charge in [0.05, 0.1) is 11.5 Å². The second-order valence-corrected chi connectivity index (χ2v) is 4.97. The van der Waals surface area contributed by atoms with Gasteiger partial charge in [0, 0.05) is 17.2 Å². The van der Waals surface area contributed by atoms with Crippen molar-refractivity contribution >= 4 is 23.2 Å². The molecule has 0 aliphatic carbocycles. The number of hydrogen-bond acceptors (Lipinski definition) is 4. The Balaban J connectivity index is 2.09. The summed E-state index contributed by atoms with van der Waals surface area (Å²) in [6.07, 6.45) is -1.05.